The average molecular weight is 481 g/mol. The molecule has 3 N–H and O–H groups in total. The molecule has 0 heterocycles. The third kappa shape index (κ3) is 52.0. The lowest BCUT2D eigenvalue weighted by Crippen LogP contribution is -1.97. The molecule has 32 heavy (non-hydrogen) atoms. The molecule has 0 radical (unpaired) electrons. The van der Waals surface area contributed by atoms with Gasteiger partial charge in [-0.25, -0.2) is 4.57 Å². The molecular formula is C26H57O5P. The summed E-state index contributed by atoms with van der Waals surface area (Å²) in [6.07, 6.45) is 28.2. The molecule has 0 saturated carbocycles. The molecule has 0 aliphatic heterocycles. The Bertz CT molecular complexity index is 330. The standard InChI is InChI=1S/C24H50O.C2H4.H3O4P/c1-3-5-7-9-11-13-15-17-19-21-23-25-24-22-20-18-16-14-12-10-8-6-4-2;1-2;1-5(2,3)4/h3-24H2,1-2H3;1-2H2;(H3,1,2,3,4). The van der Waals surface area contributed by atoms with Crippen molar-refractivity contribution >= 4 is 7.82 Å². The highest BCUT2D eigenvalue weighted by Gasteiger charge is 2.00. The minimum absolute atomic E-state index is 0.994. The van der Waals surface area contributed by atoms with Crippen molar-refractivity contribution in [2.24, 2.45) is 0 Å². The van der Waals surface area contributed by atoms with Crippen LogP contribution < -0.4 is 0 Å². The molecule has 0 aliphatic carbocycles. The molecule has 0 spiro atoms. The number of hydrogen-bond acceptors (Lipinski definition) is 2. The van der Waals surface area contributed by atoms with Crippen molar-refractivity contribution in [2.75, 3.05) is 13.2 Å². The summed E-state index contributed by atoms with van der Waals surface area (Å²) in [5, 5.41) is 0. The van der Waals surface area contributed by atoms with Gasteiger partial charge in [0.25, 0.3) is 0 Å². The second-order valence-electron chi connectivity index (χ2n) is 8.49. The first kappa shape index (κ1) is 36.4. The SMILES string of the molecule is C=C.CCCCCCCCCCCCOCCCCCCCCCCCC.O=P(O)(O)O. The Hall–Kier alpha value is -0.190. The minimum Gasteiger partial charge on any atom is -0.381 e. The summed E-state index contributed by atoms with van der Waals surface area (Å²) in [7, 11) is -4.64. The summed E-state index contributed by atoms with van der Waals surface area (Å²) in [5.74, 6) is 0. The Balaban J connectivity index is -0.00000105. The van der Waals surface area contributed by atoms with E-state index in [0.29, 0.717) is 0 Å². The van der Waals surface area contributed by atoms with E-state index < -0.39 is 7.82 Å². The van der Waals surface area contributed by atoms with Gasteiger partial charge in [0.1, 0.15) is 0 Å². The van der Waals surface area contributed by atoms with Crippen LogP contribution in [0, 0.1) is 0 Å². The Morgan fingerprint density at radius 2 is 0.688 bits per heavy atom. The Labute approximate surface area is 200 Å². The predicted molar refractivity (Wildman–Crippen MR) is 140 cm³/mol. The van der Waals surface area contributed by atoms with E-state index in [-0.39, 0.29) is 0 Å². The lowest BCUT2D eigenvalue weighted by molar-refractivity contribution is 0.125. The Morgan fingerprint density at radius 1 is 0.500 bits per heavy atom. The molecule has 196 valence electrons. The van der Waals surface area contributed by atoms with Gasteiger partial charge in [-0.2, -0.15) is 0 Å². The molecule has 0 amide bonds. The summed E-state index contributed by atoms with van der Waals surface area (Å²) in [6.45, 7) is 12.6. The lowest BCUT2D eigenvalue weighted by Gasteiger charge is -2.05. The van der Waals surface area contributed by atoms with Crippen molar-refractivity contribution in [1.82, 2.24) is 0 Å². The molecule has 0 bridgehead atoms. The van der Waals surface area contributed by atoms with Crippen LogP contribution in [-0.2, 0) is 9.30 Å². The fraction of sp³-hybridized carbons (Fsp3) is 0.923. The summed E-state index contributed by atoms with van der Waals surface area (Å²) < 4.78 is 14.7. The van der Waals surface area contributed by atoms with Gasteiger partial charge in [0.2, 0.25) is 0 Å². The van der Waals surface area contributed by atoms with Crippen LogP contribution in [0.5, 0.6) is 0 Å². The van der Waals surface area contributed by atoms with Gasteiger partial charge in [-0.1, -0.05) is 129 Å². The summed E-state index contributed by atoms with van der Waals surface area (Å²) in [4.78, 5) is 21.6. The molecule has 0 unspecified atom stereocenters. The third-order valence-corrected chi connectivity index (χ3v) is 5.28. The van der Waals surface area contributed by atoms with Gasteiger partial charge in [0.15, 0.2) is 0 Å². The Kier molecular flexibility index (Phi) is 37.5. The zero-order valence-corrected chi connectivity index (χ0v) is 22.5. The highest BCUT2D eigenvalue weighted by atomic mass is 31.2. The van der Waals surface area contributed by atoms with Crippen molar-refractivity contribution in [3.05, 3.63) is 13.2 Å². The van der Waals surface area contributed by atoms with Crippen LogP contribution >= 0.6 is 7.82 Å². The topological polar surface area (TPSA) is 87.0 Å². The molecule has 0 rings (SSSR count). The fourth-order valence-electron chi connectivity index (χ4n) is 3.49. The lowest BCUT2D eigenvalue weighted by atomic mass is 10.1. The number of unbranched alkanes of at least 4 members (excludes halogenated alkanes) is 18. The molecular weight excluding hydrogens is 423 g/mol. The van der Waals surface area contributed by atoms with Gasteiger partial charge < -0.3 is 19.4 Å². The van der Waals surface area contributed by atoms with Gasteiger partial charge in [-0.3, -0.25) is 0 Å². The summed E-state index contributed by atoms with van der Waals surface area (Å²) in [6, 6.07) is 0. The van der Waals surface area contributed by atoms with Crippen LogP contribution in [0.1, 0.15) is 142 Å². The first-order valence-electron chi connectivity index (χ1n) is 13.3. The summed E-state index contributed by atoms with van der Waals surface area (Å²) >= 11 is 0. The zero-order chi connectivity index (χ0) is 24.8. The monoisotopic (exact) mass is 480 g/mol. The molecule has 0 saturated heterocycles. The highest BCUT2D eigenvalue weighted by molar-refractivity contribution is 7.45. The maximum Gasteiger partial charge on any atom is 0.466 e. The molecule has 0 aromatic carbocycles. The number of phosphoric acid groups is 1. The number of hydrogen-bond donors (Lipinski definition) is 3. The van der Waals surface area contributed by atoms with Crippen LogP contribution in [0.25, 0.3) is 0 Å². The van der Waals surface area contributed by atoms with Crippen molar-refractivity contribution < 1.29 is 24.0 Å². The van der Waals surface area contributed by atoms with Crippen LogP contribution in [0.3, 0.4) is 0 Å². The van der Waals surface area contributed by atoms with Crippen molar-refractivity contribution in [3.63, 3.8) is 0 Å². The van der Waals surface area contributed by atoms with E-state index in [9.17, 15) is 0 Å². The number of rotatable bonds is 22. The van der Waals surface area contributed by atoms with E-state index in [1.54, 1.807) is 0 Å². The second-order valence-corrected chi connectivity index (χ2v) is 9.52. The first-order chi connectivity index (χ1) is 15.4. The largest absolute Gasteiger partial charge is 0.466 e. The molecule has 0 aromatic rings. The number of ether oxygens (including phenoxy) is 1. The molecule has 0 atom stereocenters. The molecule has 0 aromatic heterocycles. The van der Waals surface area contributed by atoms with Crippen molar-refractivity contribution in [3.8, 4) is 0 Å². The smallest absolute Gasteiger partial charge is 0.381 e. The van der Waals surface area contributed by atoms with Crippen molar-refractivity contribution in [1.29, 1.82) is 0 Å². The van der Waals surface area contributed by atoms with Gasteiger partial charge in [-0.15, -0.1) is 13.2 Å². The first-order valence-corrected chi connectivity index (χ1v) is 14.8. The normalized spacial score (nSPS) is 10.8. The molecule has 0 aliphatic rings. The van der Waals surface area contributed by atoms with E-state index >= 15 is 0 Å². The Morgan fingerprint density at radius 3 is 0.906 bits per heavy atom. The van der Waals surface area contributed by atoms with Crippen LogP contribution in [0.15, 0.2) is 13.2 Å². The molecule has 5 nitrogen and oxygen atoms in total. The van der Waals surface area contributed by atoms with Gasteiger partial charge in [-0.05, 0) is 12.8 Å². The van der Waals surface area contributed by atoms with Crippen molar-refractivity contribution in [2.45, 2.75) is 142 Å². The van der Waals surface area contributed by atoms with Gasteiger partial charge in [0, 0.05) is 13.2 Å². The van der Waals surface area contributed by atoms with Crippen LogP contribution in [-0.4, -0.2) is 27.9 Å². The van der Waals surface area contributed by atoms with Gasteiger partial charge >= 0.3 is 7.82 Å². The fourth-order valence-corrected chi connectivity index (χ4v) is 3.49. The van der Waals surface area contributed by atoms with E-state index in [0.717, 1.165) is 13.2 Å². The van der Waals surface area contributed by atoms with E-state index in [2.05, 4.69) is 27.0 Å². The van der Waals surface area contributed by atoms with E-state index in [1.807, 2.05) is 0 Å². The minimum atomic E-state index is -4.64. The predicted octanol–water partition coefficient (Wildman–Crippen LogP) is 8.72. The van der Waals surface area contributed by atoms with Crippen LogP contribution in [0.4, 0.5) is 0 Å². The third-order valence-electron chi connectivity index (χ3n) is 5.28. The quantitative estimate of drug-likeness (QED) is 0.0819. The summed E-state index contributed by atoms with van der Waals surface area (Å²) in [5.41, 5.74) is 0. The molecule has 0 fully saturated rings. The van der Waals surface area contributed by atoms with E-state index in [4.69, 9.17) is 24.0 Å². The average Bonchev–Trinajstić information content (AvgIpc) is 2.75. The zero-order valence-electron chi connectivity index (χ0n) is 21.6. The maximum atomic E-state index is 8.88. The highest BCUT2D eigenvalue weighted by Crippen LogP contribution is 2.25. The van der Waals surface area contributed by atoms with Gasteiger partial charge in [0.05, 0.1) is 0 Å². The van der Waals surface area contributed by atoms with Crippen LogP contribution in [0.2, 0.25) is 0 Å². The van der Waals surface area contributed by atoms with E-state index in [1.165, 1.54) is 128 Å². The second kappa shape index (κ2) is 33.0. The maximum absolute atomic E-state index is 8.88. The molecule has 6 heteroatoms.